The molecule has 3 atom stereocenters. The van der Waals surface area contributed by atoms with Crippen LogP contribution in [0.15, 0.2) is 24.3 Å². The molecule has 0 unspecified atom stereocenters. The van der Waals surface area contributed by atoms with Gasteiger partial charge in [0.1, 0.15) is 5.75 Å². The summed E-state index contributed by atoms with van der Waals surface area (Å²) in [6, 6.07) is 7.91. The van der Waals surface area contributed by atoms with E-state index in [1.807, 2.05) is 12.1 Å². The van der Waals surface area contributed by atoms with Gasteiger partial charge in [0, 0.05) is 0 Å². The summed E-state index contributed by atoms with van der Waals surface area (Å²) in [6.07, 6.45) is 3.93. The standard InChI is InChI=1S/C16H22O/c1-15(2)11-8-9-16(15,3)13(10-11)12-6-4-5-7-14(12)17/h4-7,11,13,17H,8-10H2,1-3H3/t11-,13+,16-/m1/s1. The lowest BCUT2D eigenvalue weighted by Crippen LogP contribution is -2.31. The minimum Gasteiger partial charge on any atom is -0.508 e. The number of hydrogen-bond donors (Lipinski definition) is 1. The van der Waals surface area contributed by atoms with Gasteiger partial charge in [0.2, 0.25) is 0 Å². The Hall–Kier alpha value is -0.980. The Morgan fingerprint density at radius 1 is 1.18 bits per heavy atom. The van der Waals surface area contributed by atoms with Crippen LogP contribution in [0.4, 0.5) is 0 Å². The fourth-order valence-corrected chi connectivity index (χ4v) is 4.46. The van der Waals surface area contributed by atoms with Gasteiger partial charge in [-0.2, -0.15) is 0 Å². The van der Waals surface area contributed by atoms with E-state index < -0.39 is 0 Å². The number of fused-ring (bicyclic) bond motifs is 2. The molecule has 2 saturated carbocycles. The molecule has 92 valence electrons. The Balaban J connectivity index is 2.06. The molecule has 0 aliphatic heterocycles. The topological polar surface area (TPSA) is 20.2 Å². The summed E-state index contributed by atoms with van der Waals surface area (Å²) in [7, 11) is 0. The molecule has 2 aliphatic rings. The molecule has 0 heterocycles. The molecule has 3 rings (SSSR count). The van der Waals surface area contributed by atoms with Crippen molar-refractivity contribution >= 4 is 0 Å². The third kappa shape index (κ3) is 1.26. The van der Waals surface area contributed by atoms with Gasteiger partial charge in [-0.1, -0.05) is 39.0 Å². The second-order valence-electron chi connectivity index (χ2n) is 6.72. The van der Waals surface area contributed by atoms with Crippen LogP contribution in [0.2, 0.25) is 0 Å². The van der Waals surface area contributed by atoms with Crippen LogP contribution in [0.25, 0.3) is 0 Å². The highest BCUT2D eigenvalue weighted by atomic mass is 16.3. The highest BCUT2D eigenvalue weighted by Gasteiger charge is 2.61. The van der Waals surface area contributed by atoms with Gasteiger partial charge >= 0.3 is 0 Å². The Labute approximate surface area is 104 Å². The second kappa shape index (κ2) is 3.28. The molecule has 1 nitrogen and oxygen atoms in total. The fraction of sp³-hybridized carbons (Fsp3) is 0.625. The molecule has 0 spiro atoms. The average Bonchev–Trinajstić information content (AvgIpc) is 2.62. The van der Waals surface area contributed by atoms with Crippen molar-refractivity contribution in [1.82, 2.24) is 0 Å². The molecule has 0 saturated heterocycles. The zero-order valence-electron chi connectivity index (χ0n) is 11.0. The number of rotatable bonds is 1. The molecule has 17 heavy (non-hydrogen) atoms. The van der Waals surface area contributed by atoms with Crippen LogP contribution in [0.3, 0.4) is 0 Å². The SMILES string of the molecule is CC1(C)[C@@H]2CC[C@]1(C)[C@H](c1ccccc1O)C2. The van der Waals surface area contributed by atoms with E-state index in [4.69, 9.17) is 0 Å². The zero-order valence-corrected chi connectivity index (χ0v) is 11.0. The van der Waals surface area contributed by atoms with Gasteiger partial charge < -0.3 is 5.11 Å². The highest BCUT2D eigenvalue weighted by molar-refractivity contribution is 5.38. The number of aromatic hydroxyl groups is 1. The minimum atomic E-state index is 0.358. The molecule has 0 amide bonds. The Kier molecular flexibility index (Phi) is 2.14. The lowest BCUT2D eigenvalue weighted by atomic mass is 9.65. The summed E-state index contributed by atoms with van der Waals surface area (Å²) >= 11 is 0. The van der Waals surface area contributed by atoms with Crippen LogP contribution in [0.5, 0.6) is 5.75 Å². The molecule has 0 radical (unpaired) electrons. The molecule has 2 fully saturated rings. The summed E-state index contributed by atoms with van der Waals surface area (Å²) in [4.78, 5) is 0. The van der Waals surface area contributed by atoms with E-state index in [1.54, 1.807) is 0 Å². The largest absolute Gasteiger partial charge is 0.508 e. The normalized spacial score (nSPS) is 38.5. The number of para-hydroxylation sites is 1. The Bertz CT molecular complexity index is 449. The van der Waals surface area contributed by atoms with Crippen molar-refractivity contribution in [2.24, 2.45) is 16.7 Å². The van der Waals surface area contributed by atoms with Gasteiger partial charge in [-0.25, -0.2) is 0 Å². The zero-order chi connectivity index (χ0) is 12.3. The number of benzene rings is 1. The van der Waals surface area contributed by atoms with Crippen molar-refractivity contribution in [3.63, 3.8) is 0 Å². The van der Waals surface area contributed by atoms with E-state index in [2.05, 4.69) is 32.9 Å². The van der Waals surface area contributed by atoms with Crippen molar-refractivity contribution in [3.05, 3.63) is 29.8 Å². The maximum atomic E-state index is 10.1. The number of hydrogen-bond acceptors (Lipinski definition) is 1. The first-order chi connectivity index (χ1) is 7.97. The van der Waals surface area contributed by atoms with Crippen LogP contribution in [-0.2, 0) is 0 Å². The third-order valence-electron chi connectivity index (χ3n) is 6.11. The van der Waals surface area contributed by atoms with Crippen LogP contribution in [0, 0.1) is 16.7 Å². The van der Waals surface area contributed by atoms with Crippen LogP contribution < -0.4 is 0 Å². The van der Waals surface area contributed by atoms with Crippen LogP contribution in [0.1, 0.15) is 51.5 Å². The predicted octanol–water partition coefficient (Wildman–Crippen LogP) is 4.32. The summed E-state index contributed by atoms with van der Waals surface area (Å²) in [6.45, 7) is 7.27. The summed E-state index contributed by atoms with van der Waals surface area (Å²) in [5.74, 6) is 1.86. The summed E-state index contributed by atoms with van der Waals surface area (Å²) in [5, 5.41) is 10.1. The molecular weight excluding hydrogens is 208 g/mol. The summed E-state index contributed by atoms with van der Waals surface area (Å²) in [5.41, 5.74) is 1.95. The van der Waals surface area contributed by atoms with E-state index >= 15 is 0 Å². The molecule has 1 aromatic carbocycles. The first-order valence-electron chi connectivity index (χ1n) is 6.75. The van der Waals surface area contributed by atoms with Gasteiger partial charge in [-0.05, 0) is 53.6 Å². The molecule has 1 aromatic rings. The van der Waals surface area contributed by atoms with Gasteiger partial charge in [-0.3, -0.25) is 0 Å². The monoisotopic (exact) mass is 230 g/mol. The van der Waals surface area contributed by atoms with Crippen LogP contribution >= 0.6 is 0 Å². The van der Waals surface area contributed by atoms with Crippen molar-refractivity contribution < 1.29 is 5.11 Å². The molecule has 2 bridgehead atoms. The molecule has 1 N–H and O–H groups in total. The van der Waals surface area contributed by atoms with E-state index in [1.165, 1.54) is 24.8 Å². The molecule has 1 heteroatoms. The van der Waals surface area contributed by atoms with Gasteiger partial charge in [0.25, 0.3) is 0 Å². The van der Waals surface area contributed by atoms with Gasteiger partial charge in [0.05, 0.1) is 0 Å². The first kappa shape index (κ1) is 11.1. The fourth-order valence-electron chi connectivity index (χ4n) is 4.46. The first-order valence-corrected chi connectivity index (χ1v) is 6.75. The van der Waals surface area contributed by atoms with Crippen LogP contribution in [-0.4, -0.2) is 5.11 Å². The second-order valence-corrected chi connectivity index (χ2v) is 6.72. The van der Waals surface area contributed by atoms with Gasteiger partial charge in [-0.15, -0.1) is 0 Å². The predicted molar refractivity (Wildman–Crippen MR) is 70.1 cm³/mol. The maximum absolute atomic E-state index is 10.1. The van der Waals surface area contributed by atoms with Crippen molar-refractivity contribution in [1.29, 1.82) is 0 Å². The molecule has 2 aliphatic carbocycles. The lowest BCUT2D eigenvalue weighted by molar-refractivity contribution is 0.133. The number of phenols is 1. The molecular formula is C16H22O. The molecule has 0 aromatic heterocycles. The van der Waals surface area contributed by atoms with E-state index in [-0.39, 0.29) is 0 Å². The lowest BCUT2D eigenvalue weighted by Gasteiger charge is -2.39. The Morgan fingerprint density at radius 2 is 1.88 bits per heavy atom. The minimum absolute atomic E-state index is 0.358. The van der Waals surface area contributed by atoms with Crippen molar-refractivity contribution in [2.45, 2.75) is 46.0 Å². The average molecular weight is 230 g/mol. The maximum Gasteiger partial charge on any atom is 0.119 e. The quantitative estimate of drug-likeness (QED) is 0.761. The van der Waals surface area contributed by atoms with Crippen molar-refractivity contribution in [2.75, 3.05) is 0 Å². The van der Waals surface area contributed by atoms with Gasteiger partial charge in [0.15, 0.2) is 0 Å². The van der Waals surface area contributed by atoms with E-state index in [9.17, 15) is 5.11 Å². The van der Waals surface area contributed by atoms with E-state index in [0.717, 1.165) is 5.92 Å². The number of phenolic OH excluding ortho intramolecular Hbond substituents is 1. The summed E-state index contributed by atoms with van der Waals surface area (Å²) < 4.78 is 0. The van der Waals surface area contributed by atoms with Crippen molar-refractivity contribution in [3.8, 4) is 5.75 Å². The smallest absolute Gasteiger partial charge is 0.119 e. The van der Waals surface area contributed by atoms with E-state index in [0.29, 0.717) is 22.5 Å². The highest BCUT2D eigenvalue weighted by Crippen LogP contribution is 2.71. The third-order valence-corrected chi connectivity index (χ3v) is 6.11. The Morgan fingerprint density at radius 3 is 2.41 bits per heavy atom.